The van der Waals surface area contributed by atoms with Crippen molar-refractivity contribution < 1.29 is 27.6 Å². The highest BCUT2D eigenvalue weighted by Gasteiger charge is 2.39. The third-order valence-corrected chi connectivity index (χ3v) is 5.26. The molecule has 0 bridgehead atoms. The van der Waals surface area contributed by atoms with Crippen LogP contribution in [0.2, 0.25) is 0 Å². The highest BCUT2D eigenvalue weighted by molar-refractivity contribution is 5.96. The highest BCUT2D eigenvalue weighted by atomic mass is 19.4. The summed E-state index contributed by atoms with van der Waals surface area (Å²) in [6, 6.07) is 1.64. The van der Waals surface area contributed by atoms with Gasteiger partial charge in [0.1, 0.15) is 23.5 Å². The Morgan fingerprint density at radius 3 is 2.33 bits per heavy atom. The molecule has 1 saturated heterocycles. The molecule has 4 N–H and O–H groups in total. The number of hydrogen-bond donors (Lipinski definition) is 4. The third-order valence-electron chi connectivity index (χ3n) is 5.26. The molecule has 182 valence electrons. The first-order valence-electron chi connectivity index (χ1n) is 10.6. The number of hydrogen-bond acceptors (Lipinski definition) is 4. The molecule has 1 aliphatic heterocycles. The topological polar surface area (TPSA) is 127 Å². The summed E-state index contributed by atoms with van der Waals surface area (Å²) in [5.74, 6) is -2.16. The van der Waals surface area contributed by atoms with Crippen LogP contribution in [0, 0.1) is 22.7 Å². The number of carbonyl (C=O) groups excluding carboxylic acids is 3. The largest absolute Gasteiger partial charge is 0.431 e. The number of carbonyl (C=O) groups is 3. The fourth-order valence-electron chi connectivity index (χ4n) is 3.84. The van der Waals surface area contributed by atoms with E-state index in [1.54, 1.807) is 0 Å². The van der Waals surface area contributed by atoms with Gasteiger partial charge in [0.15, 0.2) is 0 Å². The summed E-state index contributed by atoms with van der Waals surface area (Å²) >= 11 is 0. The molecule has 1 aromatic heterocycles. The molecule has 3 atom stereocenters. The van der Waals surface area contributed by atoms with E-state index in [1.165, 1.54) is 0 Å². The maximum atomic E-state index is 12.9. The molecule has 0 saturated carbocycles. The molecular weight excluding hydrogens is 439 g/mol. The molecule has 3 unspecified atom stereocenters. The molecule has 8 nitrogen and oxygen atoms in total. The van der Waals surface area contributed by atoms with Gasteiger partial charge in [-0.25, -0.2) is 0 Å². The molecule has 1 aliphatic rings. The lowest BCUT2D eigenvalue weighted by Gasteiger charge is -2.27. The molecule has 2 heterocycles. The monoisotopic (exact) mass is 469 g/mol. The van der Waals surface area contributed by atoms with Crippen LogP contribution in [-0.2, 0) is 15.8 Å². The number of aromatic nitrogens is 1. The van der Waals surface area contributed by atoms with Crippen LogP contribution in [0.1, 0.15) is 70.1 Å². The van der Waals surface area contributed by atoms with Crippen molar-refractivity contribution in [1.82, 2.24) is 20.9 Å². The minimum Gasteiger partial charge on any atom is -0.351 e. The van der Waals surface area contributed by atoms with E-state index >= 15 is 0 Å². The molecular formula is C22H30F3N5O3. The summed E-state index contributed by atoms with van der Waals surface area (Å²) in [7, 11) is 0. The lowest BCUT2D eigenvalue weighted by Crippen LogP contribution is -2.51. The summed E-state index contributed by atoms with van der Waals surface area (Å²) in [5, 5.41) is 17.4. The highest BCUT2D eigenvalue weighted by Crippen LogP contribution is 2.29. The van der Waals surface area contributed by atoms with Crippen LogP contribution in [0.3, 0.4) is 0 Å². The van der Waals surface area contributed by atoms with E-state index in [2.05, 4.69) is 16.0 Å². The lowest BCUT2D eigenvalue weighted by molar-refractivity contribution is -0.140. The maximum Gasteiger partial charge on any atom is 0.431 e. The molecule has 3 amide bonds. The summed E-state index contributed by atoms with van der Waals surface area (Å²) < 4.78 is 38.5. The van der Waals surface area contributed by atoms with Crippen molar-refractivity contribution in [3.05, 3.63) is 23.5 Å². The van der Waals surface area contributed by atoms with Gasteiger partial charge >= 0.3 is 6.18 Å². The molecule has 0 radical (unpaired) electrons. The quantitative estimate of drug-likeness (QED) is 0.490. The minimum atomic E-state index is -4.64. The number of aromatic amines is 1. The Hall–Kier alpha value is -3.03. The first kappa shape index (κ1) is 26.2. The fraction of sp³-hybridized carbons (Fsp3) is 0.636. The molecule has 0 aromatic carbocycles. The summed E-state index contributed by atoms with van der Waals surface area (Å²) in [6.07, 6.45) is -3.84. The predicted octanol–water partition coefficient (Wildman–Crippen LogP) is 2.88. The normalized spacial score (nSPS) is 19.8. The number of nitrogens with zero attached hydrogens (tertiary/aromatic N) is 1. The Bertz CT molecular complexity index is 940. The predicted molar refractivity (Wildman–Crippen MR) is 114 cm³/mol. The zero-order valence-corrected chi connectivity index (χ0v) is 19.3. The Morgan fingerprint density at radius 2 is 1.88 bits per heavy atom. The van der Waals surface area contributed by atoms with Gasteiger partial charge in [-0.05, 0) is 50.7 Å². The van der Waals surface area contributed by atoms with Gasteiger partial charge in [-0.2, -0.15) is 18.4 Å². The molecule has 2 rings (SSSR count). The number of nitriles is 1. The number of nitrogens with one attached hydrogen (secondary N) is 4. The number of rotatable bonds is 7. The number of halogens is 3. The van der Waals surface area contributed by atoms with E-state index in [4.69, 9.17) is 0 Å². The Morgan fingerprint density at radius 1 is 1.24 bits per heavy atom. The van der Waals surface area contributed by atoms with E-state index in [0.29, 0.717) is 6.42 Å². The van der Waals surface area contributed by atoms with Crippen molar-refractivity contribution in [2.75, 3.05) is 0 Å². The van der Waals surface area contributed by atoms with E-state index in [1.807, 2.05) is 45.7 Å². The van der Waals surface area contributed by atoms with Crippen LogP contribution >= 0.6 is 0 Å². The molecule has 33 heavy (non-hydrogen) atoms. The molecule has 1 fully saturated rings. The van der Waals surface area contributed by atoms with Gasteiger partial charge in [-0.15, -0.1) is 0 Å². The second kappa shape index (κ2) is 9.45. The van der Waals surface area contributed by atoms with Gasteiger partial charge in [0.25, 0.3) is 5.91 Å². The standard InChI is InChI=1S/C22H30F3N5O3/c1-20(2,3)10-15(29-18(32)14-6-7-16(28-14)22(23,24)25)19(33)27-13(11-26)8-12-9-21(4,5)30-17(12)31/h6-7,12-13,15,28H,8-10H2,1-5H3,(H,27,33)(H,29,32)(H,30,31). The smallest absolute Gasteiger partial charge is 0.351 e. The van der Waals surface area contributed by atoms with Crippen molar-refractivity contribution in [1.29, 1.82) is 5.26 Å². The lowest BCUT2D eigenvalue weighted by atomic mass is 9.87. The van der Waals surface area contributed by atoms with Gasteiger partial charge < -0.3 is 20.9 Å². The molecule has 11 heteroatoms. The van der Waals surface area contributed by atoms with Crippen molar-refractivity contribution in [3.63, 3.8) is 0 Å². The van der Waals surface area contributed by atoms with Crippen molar-refractivity contribution in [2.45, 2.75) is 77.7 Å². The van der Waals surface area contributed by atoms with Gasteiger partial charge in [-0.3, -0.25) is 14.4 Å². The van der Waals surface area contributed by atoms with Crippen LogP contribution in [0.25, 0.3) is 0 Å². The zero-order chi connectivity index (χ0) is 25.2. The fourth-order valence-corrected chi connectivity index (χ4v) is 3.84. The Balaban J connectivity index is 2.11. The molecule has 1 aromatic rings. The van der Waals surface area contributed by atoms with Crippen LogP contribution in [-0.4, -0.2) is 40.3 Å². The first-order valence-corrected chi connectivity index (χ1v) is 10.6. The van der Waals surface area contributed by atoms with Crippen LogP contribution in [0.15, 0.2) is 12.1 Å². The Labute approximate surface area is 190 Å². The summed E-state index contributed by atoms with van der Waals surface area (Å²) in [4.78, 5) is 39.6. The molecule has 0 aliphatic carbocycles. The van der Waals surface area contributed by atoms with Crippen molar-refractivity contribution in [2.24, 2.45) is 11.3 Å². The van der Waals surface area contributed by atoms with Crippen LogP contribution < -0.4 is 16.0 Å². The third kappa shape index (κ3) is 7.51. The van der Waals surface area contributed by atoms with Gasteiger partial charge in [0.2, 0.25) is 11.8 Å². The average molecular weight is 470 g/mol. The molecule has 0 spiro atoms. The van der Waals surface area contributed by atoms with E-state index < -0.39 is 52.6 Å². The van der Waals surface area contributed by atoms with Gasteiger partial charge in [0.05, 0.1) is 6.07 Å². The van der Waals surface area contributed by atoms with Crippen molar-refractivity contribution >= 4 is 17.7 Å². The number of alkyl halides is 3. The number of H-pyrrole nitrogens is 1. The Kier molecular flexibility index (Phi) is 7.51. The van der Waals surface area contributed by atoms with Gasteiger partial charge in [0, 0.05) is 11.5 Å². The summed E-state index contributed by atoms with van der Waals surface area (Å²) in [6.45, 7) is 9.24. The average Bonchev–Trinajstić information content (AvgIpc) is 3.23. The second-order valence-electron chi connectivity index (χ2n) is 10.3. The van der Waals surface area contributed by atoms with E-state index in [9.17, 15) is 32.8 Å². The van der Waals surface area contributed by atoms with Crippen LogP contribution in [0.5, 0.6) is 0 Å². The van der Waals surface area contributed by atoms with E-state index in [-0.39, 0.29) is 24.4 Å². The zero-order valence-electron chi connectivity index (χ0n) is 19.3. The van der Waals surface area contributed by atoms with Crippen LogP contribution in [0.4, 0.5) is 13.2 Å². The van der Waals surface area contributed by atoms with E-state index in [0.717, 1.165) is 12.1 Å². The SMILES string of the molecule is CC(C)(C)CC(NC(=O)c1ccc(C(F)(F)F)[nH]1)C(=O)NC(C#N)CC1CC(C)(C)NC1=O. The van der Waals surface area contributed by atoms with Crippen molar-refractivity contribution in [3.8, 4) is 6.07 Å². The van der Waals surface area contributed by atoms with Gasteiger partial charge in [-0.1, -0.05) is 20.8 Å². The maximum absolute atomic E-state index is 12.9. The minimum absolute atomic E-state index is 0.110. The first-order chi connectivity index (χ1) is 15.0. The second-order valence-corrected chi connectivity index (χ2v) is 10.3. The number of amides is 3. The summed E-state index contributed by atoms with van der Waals surface area (Å²) in [5.41, 5.74) is -2.23.